The molecule has 3 heterocycles. The second-order valence-corrected chi connectivity index (χ2v) is 7.76. The number of benzene rings is 4. The van der Waals surface area contributed by atoms with Gasteiger partial charge in [-0.3, -0.25) is 0 Å². The van der Waals surface area contributed by atoms with Crippen molar-refractivity contribution in [2.24, 2.45) is 0 Å². The maximum absolute atomic E-state index is 4.98. The van der Waals surface area contributed by atoms with Crippen LogP contribution in [-0.2, 0) is 0 Å². The van der Waals surface area contributed by atoms with Crippen LogP contribution in [0.3, 0.4) is 0 Å². The molecule has 0 atom stereocenters. The number of nitrogens with zero attached hydrogens (tertiary/aromatic N) is 3. The summed E-state index contributed by atoms with van der Waals surface area (Å²) in [5.41, 5.74) is 5.88. The molecule has 3 nitrogen and oxygen atoms in total. The van der Waals surface area contributed by atoms with Gasteiger partial charge in [-0.1, -0.05) is 48.5 Å². The van der Waals surface area contributed by atoms with Gasteiger partial charge in [-0.05, 0) is 42.5 Å². The summed E-state index contributed by atoms with van der Waals surface area (Å²) in [6.07, 6.45) is 0. The molecule has 0 saturated carbocycles. The SMILES string of the molecule is c1ccc2nc3c(ccc4nc5ccc6cc7ccccc7nc6c5cc43)cc2c1. The van der Waals surface area contributed by atoms with Crippen molar-refractivity contribution in [3.8, 4) is 0 Å². The quantitative estimate of drug-likeness (QED) is 0.214. The maximum Gasteiger partial charge on any atom is 0.0803 e. The van der Waals surface area contributed by atoms with Gasteiger partial charge in [0.1, 0.15) is 0 Å². The molecule has 0 radical (unpaired) electrons. The molecule has 138 valence electrons. The first-order valence-electron chi connectivity index (χ1n) is 10.0. The predicted octanol–water partition coefficient (Wildman–Crippen LogP) is 6.79. The molecule has 0 aliphatic carbocycles. The van der Waals surface area contributed by atoms with E-state index in [0.717, 1.165) is 65.4 Å². The van der Waals surface area contributed by atoms with Crippen molar-refractivity contribution in [3.63, 3.8) is 0 Å². The van der Waals surface area contributed by atoms with Crippen LogP contribution in [0.1, 0.15) is 0 Å². The number of pyridine rings is 3. The molecular formula is C27H15N3. The Morgan fingerprint density at radius 1 is 0.367 bits per heavy atom. The average molecular weight is 381 g/mol. The summed E-state index contributed by atoms with van der Waals surface area (Å²) in [6.45, 7) is 0. The summed E-state index contributed by atoms with van der Waals surface area (Å²) >= 11 is 0. The third kappa shape index (κ3) is 2.17. The van der Waals surface area contributed by atoms with Crippen LogP contribution in [0.2, 0.25) is 0 Å². The fourth-order valence-corrected chi connectivity index (χ4v) is 4.46. The van der Waals surface area contributed by atoms with E-state index in [-0.39, 0.29) is 0 Å². The molecule has 0 fully saturated rings. The Morgan fingerprint density at radius 3 is 1.40 bits per heavy atom. The zero-order valence-corrected chi connectivity index (χ0v) is 16.0. The Bertz CT molecular complexity index is 1670. The molecule has 3 heteroatoms. The van der Waals surface area contributed by atoms with E-state index in [2.05, 4.69) is 66.7 Å². The molecule has 0 bridgehead atoms. The number of fused-ring (bicyclic) bond motifs is 8. The summed E-state index contributed by atoms with van der Waals surface area (Å²) < 4.78 is 0. The predicted molar refractivity (Wildman–Crippen MR) is 125 cm³/mol. The minimum atomic E-state index is 0.956. The van der Waals surface area contributed by atoms with Crippen LogP contribution in [0.25, 0.3) is 65.4 Å². The minimum Gasteiger partial charge on any atom is -0.248 e. The smallest absolute Gasteiger partial charge is 0.0803 e. The molecule has 4 aromatic carbocycles. The summed E-state index contributed by atoms with van der Waals surface area (Å²) in [7, 11) is 0. The molecule has 7 rings (SSSR count). The van der Waals surface area contributed by atoms with E-state index < -0.39 is 0 Å². The van der Waals surface area contributed by atoms with Crippen molar-refractivity contribution >= 4 is 65.4 Å². The van der Waals surface area contributed by atoms with E-state index in [1.807, 2.05) is 24.3 Å². The summed E-state index contributed by atoms with van der Waals surface area (Å²) in [6, 6.07) is 31.5. The first-order chi connectivity index (χ1) is 14.8. The van der Waals surface area contributed by atoms with Gasteiger partial charge in [0.25, 0.3) is 0 Å². The fraction of sp³-hybridized carbons (Fsp3) is 0. The molecule has 30 heavy (non-hydrogen) atoms. The van der Waals surface area contributed by atoms with Crippen LogP contribution in [0, 0.1) is 0 Å². The molecule has 0 saturated heterocycles. The van der Waals surface area contributed by atoms with Crippen molar-refractivity contribution in [2.75, 3.05) is 0 Å². The lowest BCUT2D eigenvalue weighted by Crippen LogP contribution is -1.90. The van der Waals surface area contributed by atoms with Crippen molar-refractivity contribution < 1.29 is 0 Å². The Hall–Kier alpha value is -4.11. The van der Waals surface area contributed by atoms with Gasteiger partial charge >= 0.3 is 0 Å². The Balaban J connectivity index is 1.66. The Morgan fingerprint density at radius 2 is 0.867 bits per heavy atom. The lowest BCUT2D eigenvalue weighted by Gasteiger charge is -2.09. The fourth-order valence-electron chi connectivity index (χ4n) is 4.46. The topological polar surface area (TPSA) is 38.7 Å². The van der Waals surface area contributed by atoms with Gasteiger partial charge < -0.3 is 0 Å². The highest BCUT2D eigenvalue weighted by molar-refractivity contribution is 6.15. The van der Waals surface area contributed by atoms with Crippen LogP contribution in [0.4, 0.5) is 0 Å². The van der Waals surface area contributed by atoms with E-state index in [1.54, 1.807) is 0 Å². The zero-order valence-electron chi connectivity index (χ0n) is 16.0. The number of hydrogen-bond donors (Lipinski definition) is 0. The van der Waals surface area contributed by atoms with Crippen LogP contribution in [-0.4, -0.2) is 15.0 Å². The maximum atomic E-state index is 4.98. The monoisotopic (exact) mass is 381 g/mol. The van der Waals surface area contributed by atoms with Crippen LogP contribution >= 0.6 is 0 Å². The highest BCUT2D eigenvalue weighted by Gasteiger charge is 2.10. The number of hydrogen-bond acceptors (Lipinski definition) is 3. The van der Waals surface area contributed by atoms with E-state index in [0.29, 0.717) is 0 Å². The van der Waals surface area contributed by atoms with Crippen molar-refractivity contribution in [1.82, 2.24) is 15.0 Å². The molecular weight excluding hydrogens is 366 g/mol. The first kappa shape index (κ1) is 15.8. The third-order valence-corrected chi connectivity index (χ3v) is 5.94. The van der Waals surface area contributed by atoms with Crippen molar-refractivity contribution in [1.29, 1.82) is 0 Å². The standard InChI is InChI=1S/C27H15N3/c1-3-7-22-16(5-1)13-18-9-11-24-20(26(18)29-22)15-21-25(28-24)12-10-19-14-17-6-2-4-8-23(17)30-27(19)21/h1-15H. The second kappa shape index (κ2) is 5.71. The highest BCUT2D eigenvalue weighted by Crippen LogP contribution is 2.32. The van der Waals surface area contributed by atoms with E-state index in [9.17, 15) is 0 Å². The number of aromatic nitrogens is 3. The Labute approximate surface area is 171 Å². The molecule has 0 aliphatic heterocycles. The minimum absolute atomic E-state index is 0.956. The van der Waals surface area contributed by atoms with E-state index >= 15 is 0 Å². The number of para-hydroxylation sites is 2. The molecule has 0 N–H and O–H groups in total. The summed E-state index contributed by atoms with van der Waals surface area (Å²) in [5, 5.41) is 6.68. The van der Waals surface area contributed by atoms with Gasteiger partial charge in [0.05, 0.1) is 33.1 Å². The lowest BCUT2D eigenvalue weighted by atomic mass is 10.0. The molecule has 3 aromatic heterocycles. The van der Waals surface area contributed by atoms with Gasteiger partial charge in [-0.2, -0.15) is 0 Å². The van der Waals surface area contributed by atoms with Gasteiger partial charge in [0.2, 0.25) is 0 Å². The van der Waals surface area contributed by atoms with Crippen molar-refractivity contribution in [3.05, 3.63) is 91.0 Å². The molecule has 0 amide bonds. The molecule has 0 aliphatic rings. The van der Waals surface area contributed by atoms with E-state index in [4.69, 9.17) is 15.0 Å². The first-order valence-corrected chi connectivity index (χ1v) is 10.0. The van der Waals surface area contributed by atoms with Gasteiger partial charge in [0.15, 0.2) is 0 Å². The van der Waals surface area contributed by atoms with Crippen LogP contribution < -0.4 is 0 Å². The largest absolute Gasteiger partial charge is 0.248 e. The van der Waals surface area contributed by atoms with E-state index in [1.165, 1.54) is 0 Å². The van der Waals surface area contributed by atoms with Gasteiger partial charge in [-0.15, -0.1) is 0 Å². The highest BCUT2D eigenvalue weighted by atomic mass is 14.7. The van der Waals surface area contributed by atoms with Crippen molar-refractivity contribution in [2.45, 2.75) is 0 Å². The molecule has 0 spiro atoms. The summed E-state index contributed by atoms with van der Waals surface area (Å²) in [4.78, 5) is 14.9. The molecule has 0 unspecified atom stereocenters. The third-order valence-electron chi connectivity index (χ3n) is 5.94. The normalized spacial score (nSPS) is 12.0. The van der Waals surface area contributed by atoms with Crippen LogP contribution in [0.15, 0.2) is 91.0 Å². The average Bonchev–Trinajstić information content (AvgIpc) is 2.80. The van der Waals surface area contributed by atoms with Gasteiger partial charge in [-0.25, -0.2) is 15.0 Å². The van der Waals surface area contributed by atoms with Gasteiger partial charge in [0, 0.05) is 32.3 Å². The molecule has 7 aromatic rings. The Kier molecular flexibility index (Phi) is 3.00. The zero-order chi connectivity index (χ0) is 19.7. The second-order valence-electron chi connectivity index (χ2n) is 7.76. The number of rotatable bonds is 0. The lowest BCUT2D eigenvalue weighted by molar-refractivity contribution is 1.47. The van der Waals surface area contributed by atoms with Crippen LogP contribution in [0.5, 0.6) is 0 Å². The summed E-state index contributed by atoms with van der Waals surface area (Å²) in [5.74, 6) is 0.